The number of aliphatic carboxylic acids is 1. The molecule has 0 saturated carbocycles. The van der Waals surface area contributed by atoms with Crippen LogP contribution in [0.4, 0.5) is 0 Å². The quantitative estimate of drug-likeness (QED) is 0.278. The lowest BCUT2D eigenvalue weighted by atomic mass is 9.93. The first-order chi connectivity index (χ1) is 7.31. The van der Waals surface area contributed by atoms with Gasteiger partial charge in [0.2, 0.25) is 0 Å². The van der Waals surface area contributed by atoms with Gasteiger partial charge in [0.15, 0.2) is 0 Å². The van der Waals surface area contributed by atoms with Crippen LogP contribution in [0, 0.1) is 0 Å². The minimum absolute atomic E-state index is 0. The topological polar surface area (TPSA) is 184 Å². The Morgan fingerprint density at radius 3 is 2.41 bits per heavy atom. The highest BCUT2D eigenvalue weighted by Gasteiger charge is 2.52. The number of ether oxygens (including phenoxy) is 1. The molecule has 1 fully saturated rings. The van der Waals surface area contributed by atoms with Gasteiger partial charge in [-0.15, -0.1) is 0 Å². The Bertz CT molecular complexity index is 274. The third-order valence-electron chi connectivity index (χ3n) is 2.45. The molecule has 17 heavy (non-hydrogen) atoms. The summed E-state index contributed by atoms with van der Waals surface area (Å²) in [7, 11) is 0. The van der Waals surface area contributed by atoms with Crippen molar-refractivity contribution in [3.63, 3.8) is 0 Å². The Kier molecular flexibility index (Phi) is 5.42. The third kappa shape index (κ3) is 3.10. The zero-order chi connectivity index (χ0) is 12.5. The van der Waals surface area contributed by atoms with Crippen LogP contribution in [0.25, 0.3) is 0 Å². The van der Waals surface area contributed by atoms with Crippen LogP contribution in [-0.2, 0) is 9.53 Å². The van der Waals surface area contributed by atoms with Crippen molar-refractivity contribution < 1.29 is 40.2 Å². The molecule has 5 atom stereocenters. The highest BCUT2D eigenvalue weighted by molar-refractivity contribution is 5.75. The predicted molar refractivity (Wildman–Crippen MR) is 53.2 cm³/mol. The van der Waals surface area contributed by atoms with E-state index >= 15 is 0 Å². The van der Waals surface area contributed by atoms with Gasteiger partial charge in [-0.3, -0.25) is 0 Å². The van der Waals surface area contributed by atoms with Gasteiger partial charge in [-0.1, -0.05) is 0 Å². The SMILES string of the molecule is O=C(O)C1(O)C[C@@H](O)[C@@H](O)[C@@H]([C@H](O)CO)O1.[NH4+]. The Balaban J connectivity index is 0.00000256. The van der Waals surface area contributed by atoms with Gasteiger partial charge in [0, 0.05) is 6.42 Å². The third-order valence-corrected chi connectivity index (χ3v) is 2.45. The Labute approximate surface area is 96.5 Å². The zero-order valence-electron chi connectivity index (χ0n) is 9.22. The number of hydrogen-bond donors (Lipinski definition) is 7. The number of hydrogen-bond acceptors (Lipinski definition) is 7. The van der Waals surface area contributed by atoms with Crippen molar-refractivity contribution >= 4 is 5.97 Å². The van der Waals surface area contributed by atoms with E-state index in [2.05, 4.69) is 4.74 Å². The monoisotopic (exact) mass is 256 g/mol. The van der Waals surface area contributed by atoms with Crippen LogP contribution in [0.15, 0.2) is 0 Å². The van der Waals surface area contributed by atoms with Crippen LogP contribution >= 0.6 is 0 Å². The van der Waals surface area contributed by atoms with Gasteiger partial charge < -0.3 is 41.5 Å². The highest BCUT2D eigenvalue weighted by atomic mass is 16.7. The Morgan fingerprint density at radius 1 is 1.47 bits per heavy atom. The van der Waals surface area contributed by atoms with Gasteiger partial charge >= 0.3 is 5.97 Å². The van der Waals surface area contributed by atoms with E-state index in [0.717, 1.165) is 0 Å². The standard InChI is InChI=1S/C8H14O8.H3N/c9-2-4(11)6-5(12)3(10)1-8(15,16-6)7(13)14;/h3-6,9-12,15H,1-2H2,(H,13,14);1H3/p+1/t3-,4-,5-,6-,8?;/m1./s1. The molecule has 9 nitrogen and oxygen atoms in total. The molecule has 1 aliphatic heterocycles. The lowest BCUT2D eigenvalue weighted by molar-refractivity contribution is -0.308. The second-order valence-electron chi connectivity index (χ2n) is 3.68. The average molecular weight is 256 g/mol. The van der Waals surface area contributed by atoms with Gasteiger partial charge in [0.1, 0.15) is 18.3 Å². The molecule has 1 rings (SSSR count). The lowest BCUT2D eigenvalue weighted by Gasteiger charge is -2.41. The molecule has 0 radical (unpaired) electrons. The molecule has 0 spiro atoms. The molecule has 1 unspecified atom stereocenters. The van der Waals surface area contributed by atoms with Gasteiger partial charge in [-0.25, -0.2) is 4.79 Å². The van der Waals surface area contributed by atoms with E-state index in [9.17, 15) is 25.2 Å². The molecule has 0 amide bonds. The summed E-state index contributed by atoms with van der Waals surface area (Å²) < 4.78 is 4.61. The van der Waals surface area contributed by atoms with Crippen molar-refractivity contribution in [1.29, 1.82) is 0 Å². The van der Waals surface area contributed by atoms with Crippen molar-refractivity contribution in [2.45, 2.75) is 36.6 Å². The summed E-state index contributed by atoms with van der Waals surface area (Å²) >= 11 is 0. The van der Waals surface area contributed by atoms with E-state index in [0.29, 0.717) is 0 Å². The molecular weight excluding hydrogens is 238 g/mol. The summed E-state index contributed by atoms with van der Waals surface area (Å²) in [5.41, 5.74) is 0. The number of quaternary nitrogens is 1. The van der Waals surface area contributed by atoms with E-state index in [4.69, 9.17) is 10.2 Å². The summed E-state index contributed by atoms with van der Waals surface area (Å²) in [5, 5.41) is 54.7. The fraction of sp³-hybridized carbons (Fsp3) is 0.875. The Morgan fingerprint density at radius 2 is 2.00 bits per heavy atom. The fourth-order valence-corrected chi connectivity index (χ4v) is 1.51. The molecular formula is C8H18NO8+. The minimum atomic E-state index is -2.68. The van der Waals surface area contributed by atoms with E-state index in [1.807, 2.05) is 0 Å². The van der Waals surface area contributed by atoms with Gasteiger partial charge in [0.25, 0.3) is 5.79 Å². The number of carbonyl (C=O) groups is 1. The molecule has 0 bridgehead atoms. The van der Waals surface area contributed by atoms with Crippen molar-refractivity contribution in [3.8, 4) is 0 Å². The number of rotatable bonds is 3. The second-order valence-corrected chi connectivity index (χ2v) is 3.68. The van der Waals surface area contributed by atoms with Crippen LogP contribution < -0.4 is 6.15 Å². The predicted octanol–water partition coefficient (Wildman–Crippen LogP) is -3.00. The molecule has 1 aliphatic rings. The summed E-state index contributed by atoms with van der Waals surface area (Å²) in [6.07, 6.45) is -7.05. The van der Waals surface area contributed by atoms with Gasteiger partial charge in [-0.2, -0.15) is 0 Å². The van der Waals surface area contributed by atoms with Crippen molar-refractivity contribution in [2.24, 2.45) is 0 Å². The number of aliphatic hydroxyl groups excluding tert-OH is 4. The number of carboxylic acids is 1. The van der Waals surface area contributed by atoms with Crippen LogP contribution in [0.3, 0.4) is 0 Å². The summed E-state index contributed by atoms with van der Waals surface area (Å²) in [6, 6.07) is 0. The first kappa shape index (κ1) is 16.2. The molecule has 9 heteroatoms. The van der Waals surface area contributed by atoms with Crippen molar-refractivity contribution in [3.05, 3.63) is 0 Å². The summed E-state index contributed by atoms with van der Waals surface area (Å²) in [5.74, 6) is -4.42. The number of carboxylic acid groups (broad SMARTS) is 1. The van der Waals surface area contributed by atoms with Gasteiger partial charge in [0.05, 0.1) is 12.7 Å². The van der Waals surface area contributed by atoms with E-state index in [1.165, 1.54) is 0 Å². The fourth-order valence-electron chi connectivity index (χ4n) is 1.51. The molecule has 0 aliphatic carbocycles. The van der Waals surface area contributed by atoms with Crippen LogP contribution in [0.5, 0.6) is 0 Å². The van der Waals surface area contributed by atoms with E-state index in [-0.39, 0.29) is 6.15 Å². The molecule has 102 valence electrons. The molecule has 0 aromatic rings. The van der Waals surface area contributed by atoms with Crippen LogP contribution in [0.2, 0.25) is 0 Å². The summed E-state index contributed by atoms with van der Waals surface area (Å²) in [4.78, 5) is 10.7. The van der Waals surface area contributed by atoms with E-state index < -0.39 is 49.2 Å². The van der Waals surface area contributed by atoms with Crippen molar-refractivity contribution in [2.75, 3.05) is 6.61 Å². The molecule has 10 N–H and O–H groups in total. The average Bonchev–Trinajstić information content (AvgIpc) is 2.22. The van der Waals surface area contributed by atoms with Crippen LogP contribution in [-0.4, -0.2) is 73.4 Å². The molecule has 1 heterocycles. The van der Waals surface area contributed by atoms with Crippen LogP contribution in [0.1, 0.15) is 6.42 Å². The largest absolute Gasteiger partial charge is 0.477 e. The van der Waals surface area contributed by atoms with Gasteiger partial charge in [-0.05, 0) is 0 Å². The number of aliphatic hydroxyl groups is 5. The van der Waals surface area contributed by atoms with E-state index in [1.54, 1.807) is 0 Å². The Hall–Kier alpha value is -0.810. The van der Waals surface area contributed by atoms with Crippen molar-refractivity contribution in [1.82, 2.24) is 6.15 Å². The second kappa shape index (κ2) is 5.69. The molecule has 0 aromatic heterocycles. The maximum atomic E-state index is 10.7. The maximum Gasteiger partial charge on any atom is 0.364 e. The molecule has 1 saturated heterocycles. The normalized spacial score (nSPS) is 39.2. The molecule has 0 aromatic carbocycles. The summed E-state index contributed by atoms with van der Waals surface area (Å²) in [6.45, 7) is -0.801. The highest BCUT2D eigenvalue weighted by Crippen LogP contribution is 2.29. The first-order valence-electron chi connectivity index (χ1n) is 4.60. The lowest BCUT2D eigenvalue weighted by Crippen LogP contribution is -2.61. The maximum absolute atomic E-state index is 10.7. The smallest absolute Gasteiger partial charge is 0.364 e. The minimum Gasteiger partial charge on any atom is -0.477 e. The first-order valence-corrected chi connectivity index (χ1v) is 4.60. The zero-order valence-corrected chi connectivity index (χ0v) is 9.22.